The number of hydrogen-bond acceptors (Lipinski definition) is 5. The summed E-state index contributed by atoms with van der Waals surface area (Å²) in [6.07, 6.45) is 1.02. The van der Waals surface area contributed by atoms with Gasteiger partial charge in [0.1, 0.15) is 0 Å². The molecule has 2 aliphatic heterocycles. The van der Waals surface area contributed by atoms with Crippen LogP contribution >= 0.6 is 0 Å². The van der Waals surface area contributed by atoms with Crippen molar-refractivity contribution in [2.45, 2.75) is 6.42 Å². The van der Waals surface area contributed by atoms with Crippen LogP contribution in [-0.4, -0.2) is 61.5 Å². The molecular weight excluding hydrogens is 320 g/mol. The van der Waals surface area contributed by atoms with Crippen LogP contribution in [0.25, 0.3) is 11.0 Å². The number of aryl methyl sites for hydroxylation is 1. The van der Waals surface area contributed by atoms with Crippen molar-refractivity contribution < 1.29 is 14.3 Å². The number of ether oxygens (including phenoxy) is 2. The van der Waals surface area contributed by atoms with Crippen molar-refractivity contribution in [3.05, 3.63) is 23.8 Å². The summed E-state index contributed by atoms with van der Waals surface area (Å²) in [4.78, 5) is 19.4. The Labute approximate surface area is 146 Å². The molecule has 2 aromatic rings. The number of aromatic nitrogens is 2. The van der Waals surface area contributed by atoms with Crippen molar-refractivity contribution >= 4 is 22.9 Å². The molecule has 0 radical (unpaired) electrons. The highest BCUT2D eigenvalue weighted by Crippen LogP contribution is 2.23. The molecule has 1 aromatic heterocycles. The third kappa shape index (κ3) is 3.34. The maximum absolute atomic E-state index is 12.4. The van der Waals surface area contributed by atoms with Gasteiger partial charge < -0.3 is 24.3 Å². The Morgan fingerprint density at radius 3 is 2.88 bits per heavy atom. The van der Waals surface area contributed by atoms with Crippen molar-refractivity contribution in [2.24, 2.45) is 13.0 Å². The predicted molar refractivity (Wildman–Crippen MR) is 95.0 cm³/mol. The molecule has 0 unspecified atom stereocenters. The highest BCUT2D eigenvalue weighted by Gasteiger charge is 2.20. The molecule has 1 amide bonds. The van der Waals surface area contributed by atoms with E-state index in [0.717, 1.165) is 62.9 Å². The molecule has 25 heavy (non-hydrogen) atoms. The van der Waals surface area contributed by atoms with Gasteiger partial charge in [0, 0.05) is 44.8 Å². The summed E-state index contributed by atoms with van der Waals surface area (Å²) in [5.74, 6) is 1.31. The van der Waals surface area contributed by atoms with Gasteiger partial charge in [0.2, 0.25) is 5.95 Å². The van der Waals surface area contributed by atoms with Crippen LogP contribution in [0.4, 0.5) is 5.95 Å². The van der Waals surface area contributed by atoms with E-state index in [4.69, 9.17) is 14.5 Å². The third-order valence-corrected chi connectivity index (χ3v) is 4.99. The van der Waals surface area contributed by atoms with Gasteiger partial charge in [-0.15, -0.1) is 0 Å². The van der Waals surface area contributed by atoms with Crippen LogP contribution in [0.5, 0.6) is 0 Å². The molecule has 7 heteroatoms. The van der Waals surface area contributed by atoms with Gasteiger partial charge in [-0.25, -0.2) is 4.98 Å². The van der Waals surface area contributed by atoms with Crippen LogP contribution in [0.15, 0.2) is 18.2 Å². The molecule has 0 spiro atoms. The van der Waals surface area contributed by atoms with Crippen molar-refractivity contribution in [1.82, 2.24) is 14.9 Å². The first kappa shape index (κ1) is 16.4. The number of carbonyl (C=O) groups is 1. The Balaban J connectivity index is 1.51. The number of carbonyl (C=O) groups excluding carboxylic acids is 1. The number of hydrogen-bond donors (Lipinski definition) is 1. The normalized spacial score (nSPS) is 21.0. The highest BCUT2D eigenvalue weighted by atomic mass is 16.5. The molecule has 4 rings (SSSR count). The lowest BCUT2D eigenvalue weighted by atomic mass is 10.1. The second-order valence-corrected chi connectivity index (χ2v) is 6.71. The van der Waals surface area contributed by atoms with Crippen molar-refractivity contribution in [1.29, 1.82) is 0 Å². The van der Waals surface area contributed by atoms with Gasteiger partial charge in [0.05, 0.1) is 30.9 Å². The van der Waals surface area contributed by atoms with Gasteiger partial charge in [-0.1, -0.05) is 0 Å². The highest BCUT2D eigenvalue weighted by molar-refractivity contribution is 5.97. The van der Waals surface area contributed by atoms with Crippen molar-refractivity contribution in [3.8, 4) is 0 Å². The number of amides is 1. The number of nitrogens with one attached hydrogen (secondary N) is 1. The van der Waals surface area contributed by atoms with Crippen molar-refractivity contribution in [3.63, 3.8) is 0 Å². The monoisotopic (exact) mass is 344 g/mol. The fraction of sp³-hybridized carbons (Fsp3) is 0.556. The molecule has 1 N–H and O–H groups in total. The minimum atomic E-state index is -0.0487. The summed E-state index contributed by atoms with van der Waals surface area (Å²) in [6.45, 7) is 5.33. The largest absolute Gasteiger partial charge is 0.381 e. The van der Waals surface area contributed by atoms with Gasteiger partial charge in [-0.2, -0.15) is 0 Å². The quantitative estimate of drug-likeness (QED) is 0.902. The molecule has 134 valence electrons. The average molecular weight is 344 g/mol. The van der Waals surface area contributed by atoms with E-state index in [0.29, 0.717) is 18.0 Å². The van der Waals surface area contributed by atoms with Crippen LogP contribution in [0.2, 0.25) is 0 Å². The lowest BCUT2D eigenvalue weighted by molar-refractivity contribution is 0.0945. The summed E-state index contributed by atoms with van der Waals surface area (Å²) in [5, 5.41) is 3.01. The Bertz CT molecular complexity index is 761. The van der Waals surface area contributed by atoms with E-state index >= 15 is 0 Å². The van der Waals surface area contributed by atoms with Gasteiger partial charge in [-0.05, 0) is 24.6 Å². The zero-order valence-electron chi connectivity index (χ0n) is 14.5. The topological polar surface area (TPSA) is 68.6 Å². The van der Waals surface area contributed by atoms with Crippen LogP contribution in [0.1, 0.15) is 16.8 Å². The molecule has 1 aromatic carbocycles. The van der Waals surface area contributed by atoms with E-state index in [2.05, 4.69) is 14.8 Å². The summed E-state index contributed by atoms with van der Waals surface area (Å²) in [5.41, 5.74) is 2.53. The van der Waals surface area contributed by atoms with Crippen LogP contribution in [0.3, 0.4) is 0 Å². The zero-order chi connectivity index (χ0) is 17.2. The summed E-state index contributed by atoms with van der Waals surface area (Å²) < 4.78 is 12.8. The maximum atomic E-state index is 12.4. The van der Waals surface area contributed by atoms with Gasteiger partial charge in [0.15, 0.2) is 0 Å². The van der Waals surface area contributed by atoms with E-state index in [1.54, 1.807) is 0 Å². The number of imidazole rings is 1. The number of rotatable bonds is 4. The van der Waals surface area contributed by atoms with E-state index < -0.39 is 0 Å². The molecule has 0 saturated carbocycles. The Hall–Kier alpha value is -2.12. The number of morpholine rings is 1. The molecule has 2 fully saturated rings. The molecule has 0 bridgehead atoms. The number of anilines is 1. The second kappa shape index (κ2) is 7.01. The molecule has 1 atom stereocenters. The molecule has 3 heterocycles. The maximum Gasteiger partial charge on any atom is 0.251 e. The van der Waals surface area contributed by atoms with Crippen LogP contribution in [-0.2, 0) is 16.5 Å². The molecular formula is C18H24N4O3. The van der Waals surface area contributed by atoms with E-state index in [1.807, 2.05) is 25.2 Å². The number of benzene rings is 1. The van der Waals surface area contributed by atoms with Crippen molar-refractivity contribution in [2.75, 3.05) is 51.0 Å². The lowest BCUT2D eigenvalue weighted by Gasteiger charge is -2.27. The number of fused-ring (bicyclic) bond motifs is 1. The molecule has 2 saturated heterocycles. The zero-order valence-corrected chi connectivity index (χ0v) is 14.5. The minimum absolute atomic E-state index is 0.0487. The lowest BCUT2D eigenvalue weighted by Crippen LogP contribution is -2.37. The number of nitrogens with zero attached hydrogens (tertiary/aromatic N) is 3. The standard InChI is InChI=1S/C18H24N4O3/c1-21-16-3-2-14(17(23)19-11-13-4-7-25-12-13)10-15(16)20-18(21)22-5-8-24-9-6-22/h2-3,10,13H,4-9,11-12H2,1H3,(H,19,23)/t13-/m1/s1. The summed E-state index contributed by atoms with van der Waals surface area (Å²) in [7, 11) is 2.01. The van der Waals surface area contributed by atoms with Gasteiger partial charge >= 0.3 is 0 Å². The Kier molecular flexibility index (Phi) is 4.59. The minimum Gasteiger partial charge on any atom is -0.381 e. The molecule has 7 nitrogen and oxygen atoms in total. The van der Waals surface area contributed by atoms with Crippen LogP contribution < -0.4 is 10.2 Å². The van der Waals surface area contributed by atoms with E-state index in [9.17, 15) is 4.79 Å². The molecule has 0 aliphatic carbocycles. The SMILES string of the molecule is Cn1c(N2CCOCC2)nc2cc(C(=O)NC[C@H]3CCOC3)ccc21. The first-order valence-corrected chi connectivity index (χ1v) is 8.87. The van der Waals surface area contributed by atoms with Gasteiger partial charge in [0.25, 0.3) is 5.91 Å². The summed E-state index contributed by atoms with van der Waals surface area (Å²) >= 11 is 0. The second-order valence-electron chi connectivity index (χ2n) is 6.71. The molecule has 2 aliphatic rings. The smallest absolute Gasteiger partial charge is 0.251 e. The fourth-order valence-electron chi connectivity index (χ4n) is 3.46. The Morgan fingerprint density at radius 1 is 1.28 bits per heavy atom. The van der Waals surface area contributed by atoms with E-state index in [1.165, 1.54) is 0 Å². The summed E-state index contributed by atoms with van der Waals surface area (Å²) in [6, 6.07) is 5.72. The van der Waals surface area contributed by atoms with Crippen LogP contribution in [0, 0.1) is 5.92 Å². The fourth-order valence-corrected chi connectivity index (χ4v) is 3.46. The third-order valence-electron chi connectivity index (χ3n) is 4.99. The Morgan fingerprint density at radius 2 is 2.12 bits per heavy atom. The first-order valence-electron chi connectivity index (χ1n) is 8.87. The first-order chi connectivity index (χ1) is 12.2. The van der Waals surface area contributed by atoms with E-state index in [-0.39, 0.29) is 5.91 Å². The average Bonchev–Trinajstić information content (AvgIpc) is 3.28. The predicted octanol–water partition coefficient (Wildman–Crippen LogP) is 1.18. The van der Waals surface area contributed by atoms with Gasteiger partial charge in [-0.3, -0.25) is 4.79 Å².